The Labute approximate surface area is 132 Å². The summed E-state index contributed by atoms with van der Waals surface area (Å²) < 4.78 is 0. The Bertz CT molecular complexity index is 525. The number of allylic oxidation sites excluding steroid dienone is 1. The van der Waals surface area contributed by atoms with Crippen molar-refractivity contribution >= 4 is 5.78 Å². The number of carbonyl (C=O) groups is 1. The van der Waals surface area contributed by atoms with Gasteiger partial charge in [0.25, 0.3) is 0 Å². The summed E-state index contributed by atoms with van der Waals surface area (Å²) in [6.07, 6.45) is 9.47. The molecule has 0 spiro atoms. The number of rotatable bonds is 1. The minimum Gasteiger partial charge on any atom is -0.396 e. The van der Waals surface area contributed by atoms with E-state index in [0.717, 1.165) is 44.9 Å². The van der Waals surface area contributed by atoms with Crippen LogP contribution >= 0.6 is 0 Å². The fraction of sp³-hybridized carbons (Fsp3) is 0.842. The Kier molecular flexibility index (Phi) is 3.32. The third kappa shape index (κ3) is 1.78. The zero-order valence-electron chi connectivity index (χ0n) is 13.6. The molecule has 4 rings (SSSR count). The number of carbonyl (C=O) groups excluding carboxylic acids is 1. The van der Waals surface area contributed by atoms with Gasteiger partial charge >= 0.3 is 0 Å². The standard InChI is InChI=1S/C19H28O3/c1-18-8-6-13(21)10-12(18)2-3-14-15(18)7-9-19(11-20)16(14)4-5-17(19)22/h10,14-17,20,22H,2-9,11H2,1H3/t14-,15+,16+,17+,18+,19-/m1/s1. The summed E-state index contributed by atoms with van der Waals surface area (Å²) in [7, 11) is 0. The molecule has 0 aromatic carbocycles. The van der Waals surface area contributed by atoms with Crippen molar-refractivity contribution < 1.29 is 15.0 Å². The van der Waals surface area contributed by atoms with E-state index in [0.29, 0.717) is 30.0 Å². The van der Waals surface area contributed by atoms with E-state index < -0.39 is 0 Å². The molecule has 122 valence electrons. The number of fused-ring (bicyclic) bond motifs is 5. The molecule has 3 heteroatoms. The highest BCUT2D eigenvalue weighted by Gasteiger charge is 2.60. The highest BCUT2D eigenvalue weighted by atomic mass is 16.3. The van der Waals surface area contributed by atoms with Gasteiger partial charge in [-0.1, -0.05) is 12.5 Å². The maximum atomic E-state index is 11.8. The van der Waals surface area contributed by atoms with Gasteiger partial charge in [-0.15, -0.1) is 0 Å². The summed E-state index contributed by atoms with van der Waals surface area (Å²) in [4.78, 5) is 11.8. The van der Waals surface area contributed by atoms with Crippen molar-refractivity contribution in [2.45, 2.75) is 64.4 Å². The molecule has 0 heterocycles. The summed E-state index contributed by atoms with van der Waals surface area (Å²) in [6.45, 7) is 2.51. The molecule has 0 aliphatic heterocycles. The zero-order valence-corrected chi connectivity index (χ0v) is 13.6. The van der Waals surface area contributed by atoms with Crippen molar-refractivity contribution in [1.29, 1.82) is 0 Å². The summed E-state index contributed by atoms with van der Waals surface area (Å²) in [5.41, 5.74) is 1.34. The van der Waals surface area contributed by atoms with Crippen LogP contribution in [-0.2, 0) is 4.79 Å². The maximum absolute atomic E-state index is 11.8. The largest absolute Gasteiger partial charge is 0.396 e. The van der Waals surface area contributed by atoms with E-state index in [-0.39, 0.29) is 23.5 Å². The second-order valence-corrected chi connectivity index (χ2v) is 8.49. The van der Waals surface area contributed by atoms with Crippen molar-refractivity contribution in [3.05, 3.63) is 11.6 Å². The van der Waals surface area contributed by atoms with Crippen LogP contribution in [0.15, 0.2) is 11.6 Å². The molecule has 6 atom stereocenters. The number of aliphatic hydroxyl groups excluding tert-OH is 2. The topological polar surface area (TPSA) is 57.5 Å². The fourth-order valence-corrected chi connectivity index (χ4v) is 6.64. The minimum absolute atomic E-state index is 0.139. The molecule has 0 aromatic rings. The highest BCUT2D eigenvalue weighted by Crippen LogP contribution is 2.65. The molecule has 2 N–H and O–H groups in total. The van der Waals surface area contributed by atoms with E-state index >= 15 is 0 Å². The molecule has 3 fully saturated rings. The number of aliphatic hydroxyl groups is 2. The first-order valence-corrected chi connectivity index (χ1v) is 9.04. The van der Waals surface area contributed by atoms with Crippen LogP contribution in [0.3, 0.4) is 0 Å². The Balaban J connectivity index is 1.69. The zero-order chi connectivity index (χ0) is 15.5. The van der Waals surface area contributed by atoms with Crippen LogP contribution in [0.4, 0.5) is 0 Å². The van der Waals surface area contributed by atoms with Crippen LogP contribution < -0.4 is 0 Å². The molecule has 0 amide bonds. The first-order chi connectivity index (χ1) is 10.5. The molecule has 0 saturated heterocycles. The lowest BCUT2D eigenvalue weighted by molar-refractivity contribution is -0.120. The Morgan fingerprint density at radius 3 is 2.73 bits per heavy atom. The van der Waals surface area contributed by atoms with Crippen LogP contribution in [0.2, 0.25) is 0 Å². The smallest absolute Gasteiger partial charge is 0.155 e. The predicted octanol–water partition coefficient (Wildman–Crippen LogP) is 2.85. The van der Waals surface area contributed by atoms with Gasteiger partial charge in [0.1, 0.15) is 0 Å². The molecule has 0 radical (unpaired) electrons. The second-order valence-electron chi connectivity index (χ2n) is 8.49. The Hall–Kier alpha value is -0.670. The van der Waals surface area contributed by atoms with E-state index in [1.165, 1.54) is 5.57 Å². The average molecular weight is 304 g/mol. The monoisotopic (exact) mass is 304 g/mol. The molecule has 22 heavy (non-hydrogen) atoms. The molecular weight excluding hydrogens is 276 g/mol. The van der Waals surface area contributed by atoms with Gasteiger partial charge in [-0.3, -0.25) is 4.79 Å². The van der Waals surface area contributed by atoms with Crippen molar-refractivity contribution in [2.75, 3.05) is 6.61 Å². The van der Waals surface area contributed by atoms with E-state index in [9.17, 15) is 15.0 Å². The van der Waals surface area contributed by atoms with Crippen molar-refractivity contribution in [3.8, 4) is 0 Å². The lowest BCUT2D eigenvalue weighted by atomic mass is 9.47. The molecule has 3 nitrogen and oxygen atoms in total. The molecule has 3 saturated carbocycles. The van der Waals surface area contributed by atoms with Gasteiger partial charge in [0.05, 0.1) is 12.7 Å². The van der Waals surface area contributed by atoms with Gasteiger partial charge in [0.2, 0.25) is 0 Å². The molecule has 4 aliphatic carbocycles. The Morgan fingerprint density at radius 2 is 1.95 bits per heavy atom. The van der Waals surface area contributed by atoms with Crippen LogP contribution in [0, 0.1) is 28.6 Å². The molecular formula is C19H28O3. The highest BCUT2D eigenvalue weighted by molar-refractivity contribution is 5.91. The third-order valence-electron chi connectivity index (χ3n) is 7.93. The quantitative estimate of drug-likeness (QED) is 0.783. The SMILES string of the molecule is C[C@]12CCC(=O)C=C1CC[C@H]1[C@@H]3CC[C@H](O)[C@@]3(CO)CC[C@@H]12. The summed E-state index contributed by atoms with van der Waals surface area (Å²) in [5.74, 6) is 2.04. The lowest BCUT2D eigenvalue weighted by Crippen LogP contribution is -2.53. The van der Waals surface area contributed by atoms with Gasteiger partial charge in [-0.25, -0.2) is 0 Å². The summed E-state index contributed by atoms with van der Waals surface area (Å²) in [6, 6.07) is 0. The molecule has 4 aliphatic rings. The first kappa shape index (κ1) is 14.9. The van der Waals surface area contributed by atoms with Gasteiger partial charge < -0.3 is 10.2 Å². The van der Waals surface area contributed by atoms with Crippen molar-refractivity contribution in [1.82, 2.24) is 0 Å². The van der Waals surface area contributed by atoms with Crippen LogP contribution in [-0.4, -0.2) is 28.7 Å². The maximum Gasteiger partial charge on any atom is 0.155 e. The summed E-state index contributed by atoms with van der Waals surface area (Å²) >= 11 is 0. The number of hydrogen-bond donors (Lipinski definition) is 2. The van der Waals surface area contributed by atoms with Crippen LogP contribution in [0.25, 0.3) is 0 Å². The normalized spacial score (nSPS) is 50.9. The van der Waals surface area contributed by atoms with Gasteiger partial charge in [0.15, 0.2) is 5.78 Å². The van der Waals surface area contributed by atoms with Crippen LogP contribution in [0.5, 0.6) is 0 Å². The van der Waals surface area contributed by atoms with Gasteiger partial charge in [-0.05, 0) is 74.2 Å². The van der Waals surface area contributed by atoms with E-state index in [4.69, 9.17) is 0 Å². The average Bonchev–Trinajstić information content (AvgIpc) is 2.86. The lowest BCUT2D eigenvalue weighted by Gasteiger charge is -2.58. The van der Waals surface area contributed by atoms with E-state index in [2.05, 4.69) is 6.92 Å². The molecule has 0 bridgehead atoms. The van der Waals surface area contributed by atoms with Gasteiger partial charge in [0, 0.05) is 11.8 Å². The Morgan fingerprint density at radius 1 is 1.14 bits per heavy atom. The molecule has 0 unspecified atom stereocenters. The van der Waals surface area contributed by atoms with Crippen LogP contribution in [0.1, 0.15) is 58.3 Å². The van der Waals surface area contributed by atoms with Crippen molar-refractivity contribution in [2.24, 2.45) is 28.6 Å². The predicted molar refractivity (Wildman–Crippen MR) is 84.1 cm³/mol. The fourth-order valence-electron chi connectivity index (χ4n) is 6.64. The summed E-state index contributed by atoms with van der Waals surface area (Å²) in [5, 5.41) is 20.5. The molecule has 0 aromatic heterocycles. The number of ketones is 1. The second kappa shape index (κ2) is 4.91. The first-order valence-electron chi connectivity index (χ1n) is 9.04. The third-order valence-corrected chi connectivity index (χ3v) is 7.93. The number of hydrogen-bond acceptors (Lipinski definition) is 3. The van der Waals surface area contributed by atoms with Crippen molar-refractivity contribution in [3.63, 3.8) is 0 Å². The minimum atomic E-state index is -0.318. The van der Waals surface area contributed by atoms with E-state index in [1.807, 2.05) is 6.08 Å². The van der Waals surface area contributed by atoms with E-state index in [1.54, 1.807) is 0 Å². The van der Waals surface area contributed by atoms with Gasteiger partial charge in [-0.2, -0.15) is 0 Å².